The first-order valence-corrected chi connectivity index (χ1v) is 8.18. The minimum Gasteiger partial charge on any atom is -0.497 e. The number of nitrogens with one attached hydrogen (secondary N) is 1. The first-order valence-electron chi connectivity index (χ1n) is 8.18. The number of methoxy groups -OCH3 is 2. The molecule has 0 aromatic heterocycles. The Morgan fingerprint density at radius 2 is 1.56 bits per heavy atom. The lowest BCUT2D eigenvalue weighted by molar-refractivity contribution is -0.116. The lowest BCUT2D eigenvalue weighted by Crippen LogP contribution is -2.12. The van der Waals surface area contributed by atoms with Crippen molar-refractivity contribution < 1.29 is 14.3 Å². The van der Waals surface area contributed by atoms with E-state index in [0.717, 1.165) is 33.5 Å². The molecule has 0 unspecified atom stereocenters. The summed E-state index contributed by atoms with van der Waals surface area (Å²) in [5, 5.41) is 5.23. The van der Waals surface area contributed by atoms with Crippen LogP contribution in [0.1, 0.15) is 12.0 Å². The number of rotatable bonds is 6. The third-order valence-electron chi connectivity index (χ3n) is 4.09. The van der Waals surface area contributed by atoms with E-state index in [9.17, 15) is 4.79 Å². The van der Waals surface area contributed by atoms with Crippen molar-refractivity contribution in [1.82, 2.24) is 0 Å². The number of carbonyl (C=O) groups is 1. The van der Waals surface area contributed by atoms with E-state index in [-0.39, 0.29) is 5.91 Å². The summed E-state index contributed by atoms with van der Waals surface area (Å²) < 4.78 is 10.5. The number of amides is 1. The Balaban J connectivity index is 1.64. The smallest absolute Gasteiger partial charge is 0.224 e. The second kappa shape index (κ2) is 7.71. The molecule has 0 aliphatic heterocycles. The van der Waals surface area contributed by atoms with E-state index in [1.54, 1.807) is 14.2 Å². The highest BCUT2D eigenvalue weighted by Crippen LogP contribution is 2.24. The van der Waals surface area contributed by atoms with E-state index in [0.29, 0.717) is 12.8 Å². The van der Waals surface area contributed by atoms with Gasteiger partial charge in [-0.2, -0.15) is 0 Å². The molecule has 0 atom stereocenters. The van der Waals surface area contributed by atoms with Gasteiger partial charge in [-0.25, -0.2) is 0 Å². The summed E-state index contributed by atoms with van der Waals surface area (Å²) in [5.74, 6) is 1.44. The van der Waals surface area contributed by atoms with Crippen LogP contribution in [0.15, 0.2) is 60.7 Å². The highest BCUT2D eigenvalue weighted by molar-refractivity contribution is 5.94. The van der Waals surface area contributed by atoms with Gasteiger partial charge < -0.3 is 14.8 Å². The predicted molar refractivity (Wildman–Crippen MR) is 100 cm³/mol. The topological polar surface area (TPSA) is 47.6 Å². The Bertz CT molecular complexity index is 867. The van der Waals surface area contributed by atoms with E-state index in [1.807, 2.05) is 54.6 Å². The molecule has 0 heterocycles. The molecule has 1 N–H and O–H groups in total. The van der Waals surface area contributed by atoms with Gasteiger partial charge in [0.15, 0.2) is 0 Å². The molecule has 1 amide bonds. The lowest BCUT2D eigenvalue weighted by Gasteiger charge is -2.09. The van der Waals surface area contributed by atoms with Crippen LogP contribution in [0.2, 0.25) is 0 Å². The van der Waals surface area contributed by atoms with E-state index in [2.05, 4.69) is 11.4 Å². The summed E-state index contributed by atoms with van der Waals surface area (Å²) in [6.07, 6.45) is 1.01. The number of hydrogen-bond acceptors (Lipinski definition) is 3. The van der Waals surface area contributed by atoms with Crippen molar-refractivity contribution in [2.45, 2.75) is 12.8 Å². The fourth-order valence-electron chi connectivity index (χ4n) is 2.76. The average molecular weight is 335 g/mol. The van der Waals surface area contributed by atoms with Crippen LogP contribution in [-0.2, 0) is 11.2 Å². The first-order chi connectivity index (χ1) is 12.2. The Hall–Kier alpha value is -3.01. The van der Waals surface area contributed by atoms with Crippen molar-refractivity contribution in [2.24, 2.45) is 0 Å². The molecule has 3 aromatic carbocycles. The molecule has 0 saturated carbocycles. The van der Waals surface area contributed by atoms with Crippen molar-refractivity contribution in [3.8, 4) is 11.5 Å². The van der Waals surface area contributed by atoms with Crippen LogP contribution in [0, 0.1) is 0 Å². The SMILES string of the molecule is COc1cc(CCC(=O)Nc2ccc3ccccc3c2)cc(OC)c1. The number of ether oxygens (including phenoxy) is 2. The fraction of sp³-hybridized carbons (Fsp3) is 0.190. The van der Waals surface area contributed by atoms with Gasteiger partial charge in [-0.15, -0.1) is 0 Å². The van der Waals surface area contributed by atoms with Crippen molar-refractivity contribution in [2.75, 3.05) is 19.5 Å². The summed E-state index contributed by atoms with van der Waals surface area (Å²) in [4.78, 5) is 12.3. The third kappa shape index (κ3) is 4.29. The second-order valence-corrected chi connectivity index (χ2v) is 5.83. The zero-order valence-electron chi connectivity index (χ0n) is 14.4. The number of carbonyl (C=O) groups excluding carboxylic acids is 1. The van der Waals surface area contributed by atoms with Gasteiger partial charge in [0.05, 0.1) is 14.2 Å². The normalized spacial score (nSPS) is 10.5. The van der Waals surface area contributed by atoms with E-state index < -0.39 is 0 Å². The fourth-order valence-corrected chi connectivity index (χ4v) is 2.76. The molecule has 0 aliphatic rings. The van der Waals surface area contributed by atoms with Crippen molar-refractivity contribution in [1.29, 1.82) is 0 Å². The summed E-state index contributed by atoms with van der Waals surface area (Å²) >= 11 is 0. The molecule has 128 valence electrons. The van der Waals surface area contributed by atoms with Gasteiger partial charge in [0.25, 0.3) is 0 Å². The molecule has 0 fully saturated rings. The third-order valence-corrected chi connectivity index (χ3v) is 4.09. The van der Waals surface area contributed by atoms with Crippen LogP contribution < -0.4 is 14.8 Å². The van der Waals surface area contributed by atoms with Gasteiger partial charge in [-0.05, 0) is 47.0 Å². The molecule has 0 spiro atoms. The van der Waals surface area contributed by atoms with Crippen LogP contribution in [0.5, 0.6) is 11.5 Å². The largest absolute Gasteiger partial charge is 0.497 e. The number of benzene rings is 3. The maximum absolute atomic E-state index is 12.3. The zero-order chi connectivity index (χ0) is 17.6. The van der Waals surface area contributed by atoms with E-state index in [1.165, 1.54) is 0 Å². The molecule has 4 heteroatoms. The van der Waals surface area contributed by atoms with E-state index in [4.69, 9.17) is 9.47 Å². The molecular weight excluding hydrogens is 314 g/mol. The summed E-state index contributed by atoms with van der Waals surface area (Å²) in [5.41, 5.74) is 1.82. The van der Waals surface area contributed by atoms with E-state index >= 15 is 0 Å². The quantitative estimate of drug-likeness (QED) is 0.725. The maximum atomic E-state index is 12.3. The molecule has 3 rings (SSSR count). The van der Waals surface area contributed by atoms with Crippen molar-refractivity contribution in [3.05, 3.63) is 66.2 Å². The maximum Gasteiger partial charge on any atom is 0.224 e. The Kier molecular flexibility index (Phi) is 5.19. The summed E-state index contributed by atoms with van der Waals surface area (Å²) in [6, 6.07) is 19.7. The van der Waals surface area contributed by atoms with Gasteiger partial charge >= 0.3 is 0 Å². The van der Waals surface area contributed by atoms with Gasteiger partial charge in [-0.1, -0.05) is 30.3 Å². The molecule has 0 aliphatic carbocycles. The Morgan fingerprint density at radius 1 is 0.880 bits per heavy atom. The van der Waals surface area contributed by atoms with Crippen molar-refractivity contribution >= 4 is 22.4 Å². The van der Waals surface area contributed by atoms with Gasteiger partial charge in [0.2, 0.25) is 5.91 Å². The highest BCUT2D eigenvalue weighted by Gasteiger charge is 2.07. The highest BCUT2D eigenvalue weighted by atomic mass is 16.5. The molecular formula is C21H21NO3. The lowest BCUT2D eigenvalue weighted by atomic mass is 10.1. The number of aryl methyl sites for hydroxylation is 1. The van der Waals surface area contributed by atoms with Crippen LogP contribution in [-0.4, -0.2) is 20.1 Å². The van der Waals surface area contributed by atoms with Crippen LogP contribution >= 0.6 is 0 Å². The summed E-state index contributed by atoms with van der Waals surface area (Å²) in [7, 11) is 3.23. The number of anilines is 1. The number of hydrogen-bond donors (Lipinski definition) is 1. The van der Waals surface area contributed by atoms with Gasteiger partial charge in [0.1, 0.15) is 11.5 Å². The predicted octanol–water partition coefficient (Wildman–Crippen LogP) is 4.43. The van der Waals surface area contributed by atoms with Gasteiger partial charge in [-0.3, -0.25) is 4.79 Å². The second-order valence-electron chi connectivity index (χ2n) is 5.83. The first kappa shape index (κ1) is 16.8. The molecule has 4 nitrogen and oxygen atoms in total. The average Bonchev–Trinajstić information content (AvgIpc) is 2.66. The minimum atomic E-state index is -0.0166. The standard InChI is InChI=1S/C21H21NO3/c1-24-19-11-15(12-20(14-19)25-2)7-10-21(23)22-18-9-8-16-5-3-4-6-17(16)13-18/h3-6,8-9,11-14H,7,10H2,1-2H3,(H,22,23). The monoisotopic (exact) mass is 335 g/mol. The Labute approximate surface area is 147 Å². The molecule has 0 bridgehead atoms. The van der Waals surface area contributed by atoms with Crippen molar-refractivity contribution in [3.63, 3.8) is 0 Å². The molecule has 25 heavy (non-hydrogen) atoms. The minimum absolute atomic E-state index is 0.0166. The molecule has 3 aromatic rings. The number of fused-ring (bicyclic) bond motifs is 1. The van der Waals surface area contributed by atoms with Crippen LogP contribution in [0.4, 0.5) is 5.69 Å². The zero-order valence-corrected chi connectivity index (χ0v) is 14.4. The summed E-state index contributed by atoms with van der Waals surface area (Å²) in [6.45, 7) is 0. The van der Waals surface area contributed by atoms with Gasteiger partial charge in [0, 0.05) is 18.2 Å². The molecule has 0 saturated heterocycles. The van der Waals surface area contributed by atoms with Crippen LogP contribution in [0.3, 0.4) is 0 Å². The van der Waals surface area contributed by atoms with Crippen LogP contribution in [0.25, 0.3) is 10.8 Å². The Morgan fingerprint density at radius 3 is 2.24 bits per heavy atom. The molecule has 0 radical (unpaired) electrons.